The van der Waals surface area contributed by atoms with Crippen LogP contribution in [0, 0.1) is 13.8 Å². The fraction of sp³-hybridized carbons (Fsp3) is 0.533. The van der Waals surface area contributed by atoms with Crippen LogP contribution in [0.5, 0.6) is 0 Å². The van der Waals surface area contributed by atoms with Crippen molar-refractivity contribution in [2.45, 2.75) is 33.2 Å². The quantitative estimate of drug-likeness (QED) is 0.835. The summed E-state index contributed by atoms with van der Waals surface area (Å²) in [5.74, 6) is -0.219. The van der Waals surface area contributed by atoms with Gasteiger partial charge in [-0.3, -0.25) is 9.10 Å². The number of benzene rings is 1. The van der Waals surface area contributed by atoms with Crippen LogP contribution in [-0.2, 0) is 14.8 Å². The summed E-state index contributed by atoms with van der Waals surface area (Å²) in [5.41, 5.74) is 2.35. The van der Waals surface area contributed by atoms with E-state index in [-0.39, 0.29) is 5.91 Å². The zero-order valence-corrected chi connectivity index (χ0v) is 14.4. The number of aryl methyl sites for hydroxylation is 2. The minimum Gasteiger partial charge on any atom is -0.347 e. The number of nitrogens with zero attached hydrogens (tertiary/aromatic N) is 2. The van der Waals surface area contributed by atoms with Gasteiger partial charge in [-0.15, -0.1) is 0 Å². The molecule has 1 rings (SSSR count). The summed E-state index contributed by atoms with van der Waals surface area (Å²) in [7, 11) is -0.294. The fourth-order valence-corrected chi connectivity index (χ4v) is 3.53. The Balaban J connectivity index is 3.49. The van der Waals surface area contributed by atoms with Crippen molar-refractivity contribution in [3.8, 4) is 0 Å². The number of likely N-dealkylation sites (N-methyl/N-ethyl adjacent to an activating group) is 1. The Bertz CT molecular complexity index is 624. The molecule has 0 aliphatic carbocycles. The summed E-state index contributed by atoms with van der Waals surface area (Å²) in [6.07, 6.45) is 1.55. The van der Waals surface area contributed by atoms with Gasteiger partial charge in [0.15, 0.2) is 0 Å². The highest BCUT2D eigenvalue weighted by Crippen LogP contribution is 2.27. The monoisotopic (exact) mass is 312 g/mol. The van der Waals surface area contributed by atoms with Crippen LogP contribution in [0.1, 0.15) is 24.5 Å². The predicted molar refractivity (Wildman–Crippen MR) is 86.0 cm³/mol. The number of sulfonamides is 1. The van der Waals surface area contributed by atoms with Gasteiger partial charge in [0.05, 0.1) is 11.9 Å². The van der Waals surface area contributed by atoms with Crippen molar-refractivity contribution in [2.24, 2.45) is 0 Å². The van der Waals surface area contributed by atoms with E-state index >= 15 is 0 Å². The van der Waals surface area contributed by atoms with E-state index in [0.717, 1.165) is 17.4 Å². The van der Waals surface area contributed by atoms with Gasteiger partial charge in [0.2, 0.25) is 15.9 Å². The molecule has 0 heterocycles. The standard InChI is InChI=1S/C15H24N2O3S/c1-7-13(15(18)16(4)5)17(21(6,19)20)14-10-11(2)8-9-12(14)3/h8-10,13H,7H2,1-6H3/t13-/m0/s1. The summed E-state index contributed by atoms with van der Waals surface area (Å²) in [5, 5.41) is 0. The minimum absolute atomic E-state index is 0.219. The van der Waals surface area contributed by atoms with E-state index in [2.05, 4.69) is 0 Å². The van der Waals surface area contributed by atoms with E-state index in [9.17, 15) is 13.2 Å². The second-order valence-electron chi connectivity index (χ2n) is 5.51. The Hall–Kier alpha value is -1.56. The Morgan fingerprint density at radius 1 is 1.24 bits per heavy atom. The van der Waals surface area contributed by atoms with Gasteiger partial charge >= 0.3 is 0 Å². The van der Waals surface area contributed by atoms with Crippen LogP contribution in [0.15, 0.2) is 18.2 Å². The van der Waals surface area contributed by atoms with E-state index in [1.165, 1.54) is 9.21 Å². The molecule has 118 valence electrons. The Kier molecular flexibility index (Phi) is 5.39. The molecule has 5 nitrogen and oxygen atoms in total. The van der Waals surface area contributed by atoms with E-state index in [1.807, 2.05) is 39.0 Å². The van der Waals surface area contributed by atoms with Gasteiger partial charge in [-0.05, 0) is 37.5 Å². The first-order valence-electron chi connectivity index (χ1n) is 6.87. The lowest BCUT2D eigenvalue weighted by atomic mass is 10.1. The number of amides is 1. The molecular weight excluding hydrogens is 288 g/mol. The van der Waals surface area contributed by atoms with Gasteiger partial charge < -0.3 is 4.90 Å². The molecule has 0 N–H and O–H groups in total. The maximum atomic E-state index is 12.4. The fourth-order valence-electron chi connectivity index (χ4n) is 2.27. The number of anilines is 1. The zero-order chi connectivity index (χ0) is 16.4. The SMILES string of the molecule is CC[C@@H](C(=O)N(C)C)N(c1cc(C)ccc1C)S(C)(=O)=O. The first-order valence-corrected chi connectivity index (χ1v) is 8.72. The van der Waals surface area contributed by atoms with Gasteiger partial charge in [-0.1, -0.05) is 19.1 Å². The molecule has 0 saturated carbocycles. The molecule has 1 aromatic rings. The average Bonchev–Trinajstić information content (AvgIpc) is 2.36. The van der Waals surface area contributed by atoms with Crippen LogP contribution >= 0.6 is 0 Å². The Morgan fingerprint density at radius 3 is 2.24 bits per heavy atom. The van der Waals surface area contributed by atoms with Crippen LogP contribution in [0.4, 0.5) is 5.69 Å². The highest BCUT2D eigenvalue weighted by molar-refractivity contribution is 7.92. The summed E-state index contributed by atoms with van der Waals surface area (Å²) in [6, 6.07) is 4.88. The molecule has 0 spiro atoms. The Labute approximate surface area is 127 Å². The van der Waals surface area contributed by atoms with Crippen LogP contribution < -0.4 is 4.31 Å². The lowest BCUT2D eigenvalue weighted by Gasteiger charge is -2.32. The topological polar surface area (TPSA) is 57.7 Å². The molecule has 0 radical (unpaired) electrons. The normalized spacial score (nSPS) is 12.9. The van der Waals surface area contributed by atoms with Crippen molar-refractivity contribution in [1.82, 2.24) is 4.90 Å². The minimum atomic E-state index is -3.56. The number of hydrogen-bond donors (Lipinski definition) is 0. The number of carbonyl (C=O) groups is 1. The maximum Gasteiger partial charge on any atom is 0.245 e. The van der Waals surface area contributed by atoms with E-state index < -0.39 is 16.1 Å². The van der Waals surface area contributed by atoms with E-state index in [4.69, 9.17) is 0 Å². The van der Waals surface area contributed by atoms with Crippen molar-refractivity contribution in [1.29, 1.82) is 0 Å². The summed E-state index contributed by atoms with van der Waals surface area (Å²) in [6.45, 7) is 5.56. The van der Waals surface area contributed by atoms with E-state index in [1.54, 1.807) is 14.1 Å². The first-order chi connectivity index (χ1) is 9.59. The Morgan fingerprint density at radius 2 is 1.81 bits per heavy atom. The molecule has 1 aromatic carbocycles. The molecular formula is C15H24N2O3S. The summed E-state index contributed by atoms with van der Waals surface area (Å²) >= 11 is 0. The number of carbonyl (C=O) groups excluding carboxylic acids is 1. The zero-order valence-electron chi connectivity index (χ0n) is 13.5. The third kappa shape index (κ3) is 3.97. The van der Waals surface area contributed by atoms with Crippen molar-refractivity contribution < 1.29 is 13.2 Å². The third-order valence-electron chi connectivity index (χ3n) is 3.35. The third-order valence-corrected chi connectivity index (χ3v) is 4.52. The molecule has 0 bridgehead atoms. The molecule has 21 heavy (non-hydrogen) atoms. The smallest absolute Gasteiger partial charge is 0.245 e. The number of rotatable bonds is 5. The largest absolute Gasteiger partial charge is 0.347 e. The van der Waals surface area contributed by atoms with Gasteiger partial charge in [-0.25, -0.2) is 8.42 Å². The summed E-state index contributed by atoms with van der Waals surface area (Å²) < 4.78 is 25.8. The van der Waals surface area contributed by atoms with Gasteiger partial charge in [-0.2, -0.15) is 0 Å². The van der Waals surface area contributed by atoms with Crippen molar-refractivity contribution >= 4 is 21.6 Å². The van der Waals surface area contributed by atoms with Crippen LogP contribution in [-0.4, -0.2) is 45.6 Å². The molecule has 0 fully saturated rings. The second kappa shape index (κ2) is 6.47. The first kappa shape index (κ1) is 17.5. The molecule has 0 aromatic heterocycles. The van der Waals surface area contributed by atoms with Gasteiger partial charge in [0.1, 0.15) is 6.04 Å². The molecule has 0 aliphatic rings. The average molecular weight is 312 g/mol. The summed E-state index contributed by atoms with van der Waals surface area (Å²) in [4.78, 5) is 13.8. The lowest BCUT2D eigenvalue weighted by Crippen LogP contribution is -2.49. The molecule has 0 aliphatic heterocycles. The number of hydrogen-bond acceptors (Lipinski definition) is 3. The van der Waals surface area contributed by atoms with Crippen molar-refractivity contribution in [3.05, 3.63) is 29.3 Å². The molecule has 1 atom stereocenters. The highest BCUT2D eigenvalue weighted by Gasteiger charge is 2.33. The highest BCUT2D eigenvalue weighted by atomic mass is 32.2. The molecule has 0 saturated heterocycles. The molecule has 1 amide bonds. The van der Waals surface area contributed by atoms with Crippen molar-refractivity contribution in [2.75, 3.05) is 24.7 Å². The van der Waals surface area contributed by atoms with Crippen LogP contribution in [0.2, 0.25) is 0 Å². The van der Waals surface area contributed by atoms with Crippen LogP contribution in [0.3, 0.4) is 0 Å². The van der Waals surface area contributed by atoms with Gasteiger partial charge in [0, 0.05) is 14.1 Å². The maximum absolute atomic E-state index is 12.4. The second-order valence-corrected chi connectivity index (χ2v) is 7.36. The lowest BCUT2D eigenvalue weighted by molar-refractivity contribution is -0.129. The molecule has 6 heteroatoms. The van der Waals surface area contributed by atoms with Crippen LogP contribution in [0.25, 0.3) is 0 Å². The molecule has 0 unspecified atom stereocenters. The van der Waals surface area contributed by atoms with Crippen molar-refractivity contribution in [3.63, 3.8) is 0 Å². The van der Waals surface area contributed by atoms with Gasteiger partial charge in [0.25, 0.3) is 0 Å². The van der Waals surface area contributed by atoms with E-state index in [0.29, 0.717) is 12.1 Å². The predicted octanol–water partition coefficient (Wildman–Crippen LogP) is 1.94.